The van der Waals surface area contributed by atoms with E-state index in [0.717, 1.165) is 36.8 Å². The number of hydrogen-bond donors (Lipinski definition) is 0. The summed E-state index contributed by atoms with van der Waals surface area (Å²) in [6.07, 6.45) is 28.9. The maximum absolute atomic E-state index is 13.2. The van der Waals surface area contributed by atoms with Crippen LogP contribution in [0.4, 0.5) is 11.4 Å². The first kappa shape index (κ1) is 53.5. The largest absolute Gasteiger partial charge is 0.492 e. The molecular weight excluding hydrogens is 892 g/mol. The Morgan fingerprint density at radius 1 is 0.426 bits per heavy atom. The summed E-state index contributed by atoms with van der Waals surface area (Å²) in [4.78, 5) is 35.5. The maximum atomic E-state index is 13.2. The van der Waals surface area contributed by atoms with E-state index in [1.807, 2.05) is 24.3 Å². The van der Waals surface area contributed by atoms with Gasteiger partial charge in [-0.1, -0.05) is 189 Å². The van der Waals surface area contributed by atoms with Gasteiger partial charge in [0.25, 0.3) is 0 Å². The summed E-state index contributed by atoms with van der Waals surface area (Å²) in [7, 11) is 0. The van der Waals surface area contributed by atoms with Crippen LogP contribution in [-0.4, -0.2) is 37.6 Å². The zero-order chi connectivity index (χ0) is 48.0. The summed E-state index contributed by atoms with van der Waals surface area (Å²) >= 11 is 13.0. The van der Waals surface area contributed by atoms with Gasteiger partial charge in [-0.2, -0.15) is 0 Å². The monoisotopic (exact) mass is 960 g/mol. The summed E-state index contributed by atoms with van der Waals surface area (Å²) in [5.41, 5.74) is 3.57. The lowest BCUT2D eigenvalue weighted by atomic mass is 10.1. The lowest BCUT2D eigenvalue weighted by Gasteiger charge is -2.11. The Bertz CT molecular complexity index is 2150. The van der Waals surface area contributed by atoms with Gasteiger partial charge in [-0.3, -0.25) is 9.98 Å². The lowest BCUT2D eigenvalue weighted by molar-refractivity contribution is 0.0682. The molecule has 0 saturated carbocycles. The van der Waals surface area contributed by atoms with Crippen molar-refractivity contribution in [1.29, 1.82) is 0 Å². The molecular formula is C58H70Cl2N2O6. The highest BCUT2D eigenvalue weighted by atomic mass is 35.5. The van der Waals surface area contributed by atoms with E-state index < -0.39 is 11.9 Å². The van der Waals surface area contributed by atoms with Gasteiger partial charge in [0.2, 0.25) is 0 Å². The van der Waals surface area contributed by atoms with E-state index in [9.17, 15) is 9.59 Å². The predicted molar refractivity (Wildman–Crippen MR) is 281 cm³/mol. The molecule has 0 unspecified atom stereocenters. The number of rotatable bonds is 32. The predicted octanol–water partition coefficient (Wildman–Crippen LogP) is 17.5. The van der Waals surface area contributed by atoms with Gasteiger partial charge in [0, 0.05) is 12.4 Å². The van der Waals surface area contributed by atoms with Crippen molar-refractivity contribution in [2.45, 2.75) is 142 Å². The fraction of sp³-hybridized carbons (Fsp3) is 0.414. The van der Waals surface area contributed by atoms with Gasteiger partial charge in [-0.15, -0.1) is 0 Å². The van der Waals surface area contributed by atoms with Gasteiger partial charge < -0.3 is 18.9 Å². The zero-order valence-corrected chi connectivity index (χ0v) is 41.7. The van der Waals surface area contributed by atoms with Crippen LogP contribution in [0.5, 0.6) is 23.0 Å². The standard InChI is InChI=1S/C58H70Cl2N2O6/c1-3-5-7-9-11-13-15-17-19-23-39-65-53-37-35-49(41-51(53)59)61-43-45-27-31-47(32-28-45)57(63)67-55-25-21-22-26-56(55)68-58(64)48-33-29-46(30-34-48)44-62-50-36-38-54(52(60)42-50)66-40-24-20-18-16-14-12-10-8-6-4-2/h21-22,25-38,41-44H,3-20,23-24,39-40H2,1-2H3. The number of esters is 2. The molecule has 68 heavy (non-hydrogen) atoms. The topological polar surface area (TPSA) is 95.8 Å². The fourth-order valence-electron chi connectivity index (χ4n) is 7.56. The molecule has 5 aromatic carbocycles. The first-order valence-electron chi connectivity index (χ1n) is 25.0. The summed E-state index contributed by atoms with van der Waals surface area (Å²) in [5.74, 6) is 0.327. The Morgan fingerprint density at radius 2 is 0.765 bits per heavy atom. The van der Waals surface area contributed by atoms with Crippen molar-refractivity contribution in [2.24, 2.45) is 9.98 Å². The van der Waals surface area contributed by atoms with Crippen molar-refractivity contribution < 1.29 is 28.5 Å². The van der Waals surface area contributed by atoms with E-state index in [-0.39, 0.29) is 11.5 Å². The van der Waals surface area contributed by atoms with Crippen molar-refractivity contribution >= 4 is 58.9 Å². The molecule has 0 aliphatic carbocycles. The molecule has 0 heterocycles. The minimum Gasteiger partial charge on any atom is -0.492 e. The number of carbonyl (C=O) groups is 2. The van der Waals surface area contributed by atoms with Crippen LogP contribution in [0.2, 0.25) is 10.0 Å². The highest BCUT2D eigenvalue weighted by Crippen LogP contribution is 2.32. The molecule has 0 saturated heterocycles. The highest BCUT2D eigenvalue weighted by molar-refractivity contribution is 6.32. The molecule has 5 aromatic rings. The number of para-hydroxylation sites is 2. The van der Waals surface area contributed by atoms with Crippen LogP contribution in [0.25, 0.3) is 0 Å². The van der Waals surface area contributed by atoms with Crippen molar-refractivity contribution in [2.75, 3.05) is 13.2 Å². The Hall–Kier alpha value is -5.44. The summed E-state index contributed by atoms with van der Waals surface area (Å²) in [6, 6.07) is 31.2. The van der Waals surface area contributed by atoms with Crippen molar-refractivity contribution in [3.8, 4) is 23.0 Å². The Morgan fingerprint density at radius 3 is 1.10 bits per heavy atom. The average molecular weight is 962 g/mol. The first-order chi connectivity index (χ1) is 33.3. The van der Waals surface area contributed by atoms with Crippen LogP contribution in [0.1, 0.15) is 174 Å². The number of carbonyl (C=O) groups excluding carboxylic acids is 2. The lowest BCUT2D eigenvalue weighted by Crippen LogP contribution is -2.12. The van der Waals surface area contributed by atoms with E-state index in [1.54, 1.807) is 97.4 Å². The smallest absolute Gasteiger partial charge is 0.343 e. The van der Waals surface area contributed by atoms with Gasteiger partial charge in [-0.05, 0) is 96.8 Å². The van der Waals surface area contributed by atoms with Crippen molar-refractivity contribution in [3.05, 3.63) is 141 Å². The molecule has 5 rings (SSSR count). The van der Waals surface area contributed by atoms with E-state index in [1.165, 1.54) is 103 Å². The third-order valence-electron chi connectivity index (χ3n) is 11.6. The summed E-state index contributed by atoms with van der Waals surface area (Å²) in [5, 5.41) is 1.03. The molecule has 0 amide bonds. The Labute approximate surface area is 415 Å². The number of aliphatic imine (C=N–C) groups is 2. The molecule has 0 atom stereocenters. The zero-order valence-electron chi connectivity index (χ0n) is 40.2. The molecule has 0 aliphatic rings. The van der Waals surface area contributed by atoms with E-state index >= 15 is 0 Å². The third kappa shape index (κ3) is 20.0. The quantitative estimate of drug-likeness (QED) is 0.0184. The molecule has 0 aliphatic heterocycles. The van der Waals surface area contributed by atoms with Gasteiger partial charge >= 0.3 is 11.9 Å². The first-order valence-corrected chi connectivity index (χ1v) is 25.7. The molecule has 362 valence electrons. The molecule has 0 spiro atoms. The second-order valence-electron chi connectivity index (χ2n) is 17.3. The minimum atomic E-state index is -0.603. The number of nitrogens with zero attached hydrogens (tertiary/aromatic N) is 2. The van der Waals surface area contributed by atoms with Gasteiger partial charge in [-0.25, -0.2) is 9.59 Å². The van der Waals surface area contributed by atoms with E-state index in [0.29, 0.717) is 57.3 Å². The van der Waals surface area contributed by atoms with Gasteiger partial charge in [0.05, 0.1) is 45.8 Å². The molecule has 0 fully saturated rings. The summed E-state index contributed by atoms with van der Waals surface area (Å²) < 4.78 is 23.2. The second kappa shape index (κ2) is 31.6. The van der Waals surface area contributed by atoms with Crippen LogP contribution in [0.3, 0.4) is 0 Å². The van der Waals surface area contributed by atoms with Crippen LogP contribution >= 0.6 is 23.2 Å². The number of ether oxygens (including phenoxy) is 4. The van der Waals surface area contributed by atoms with E-state index in [2.05, 4.69) is 23.8 Å². The van der Waals surface area contributed by atoms with Crippen molar-refractivity contribution in [3.63, 3.8) is 0 Å². The number of unbranched alkanes of at least 4 members (excludes halogenated alkanes) is 18. The number of hydrogen-bond acceptors (Lipinski definition) is 8. The average Bonchev–Trinajstić information content (AvgIpc) is 3.35. The van der Waals surface area contributed by atoms with Gasteiger partial charge in [0.15, 0.2) is 11.5 Å². The SMILES string of the molecule is CCCCCCCCCCCCOc1ccc(N=Cc2ccc(C(=O)Oc3ccccc3OC(=O)c3ccc(C=Nc4ccc(OCCCCCCCCCCCC)c(Cl)c4)cc3)cc2)cc1Cl. The molecule has 0 N–H and O–H groups in total. The number of halogens is 2. The molecule has 10 heteroatoms. The summed E-state index contributed by atoms with van der Waals surface area (Å²) in [6.45, 7) is 5.78. The Balaban J connectivity index is 1.02. The molecule has 0 aromatic heterocycles. The third-order valence-corrected chi connectivity index (χ3v) is 12.2. The van der Waals surface area contributed by atoms with Crippen LogP contribution in [0, 0.1) is 0 Å². The highest BCUT2D eigenvalue weighted by Gasteiger charge is 2.16. The number of benzene rings is 5. The molecule has 8 nitrogen and oxygen atoms in total. The molecule has 0 radical (unpaired) electrons. The Kier molecular flexibility index (Phi) is 24.8. The van der Waals surface area contributed by atoms with Crippen LogP contribution in [-0.2, 0) is 0 Å². The van der Waals surface area contributed by atoms with Crippen LogP contribution in [0.15, 0.2) is 119 Å². The normalized spacial score (nSPS) is 11.4. The fourth-order valence-corrected chi connectivity index (χ4v) is 8.02. The van der Waals surface area contributed by atoms with E-state index in [4.69, 9.17) is 42.1 Å². The maximum Gasteiger partial charge on any atom is 0.343 e. The minimum absolute atomic E-state index is 0.113. The van der Waals surface area contributed by atoms with Gasteiger partial charge in [0.1, 0.15) is 11.5 Å². The molecule has 0 bridgehead atoms. The van der Waals surface area contributed by atoms with Crippen LogP contribution < -0.4 is 18.9 Å². The second-order valence-corrected chi connectivity index (χ2v) is 18.1. The van der Waals surface area contributed by atoms with Crippen molar-refractivity contribution in [1.82, 2.24) is 0 Å².